The van der Waals surface area contributed by atoms with Gasteiger partial charge in [0.05, 0.1) is 0 Å². The molecule has 0 bridgehead atoms. The van der Waals surface area contributed by atoms with Crippen LogP contribution in [0.1, 0.15) is 24.0 Å². The van der Waals surface area contributed by atoms with Crippen molar-refractivity contribution in [3.05, 3.63) is 33.8 Å². The Balaban J connectivity index is 2.15. The Kier molecular flexibility index (Phi) is 1.96. The van der Waals surface area contributed by atoms with Gasteiger partial charge in [-0.1, -0.05) is 28.1 Å². The highest BCUT2D eigenvalue weighted by atomic mass is 79.9. The van der Waals surface area contributed by atoms with Gasteiger partial charge in [0.1, 0.15) is 0 Å². The summed E-state index contributed by atoms with van der Waals surface area (Å²) >= 11 is 3.67. The van der Waals surface area contributed by atoms with Gasteiger partial charge in [0.15, 0.2) is 0 Å². The van der Waals surface area contributed by atoms with E-state index in [1.165, 1.54) is 36.8 Å². The summed E-state index contributed by atoms with van der Waals surface area (Å²) in [5, 5.41) is 3.42. The average molecular weight is 252 g/mol. The van der Waals surface area contributed by atoms with E-state index in [-0.39, 0.29) is 0 Å². The highest BCUT2D eigenvalue weighted by Gasteiger charge is 2.41. The maximum Gasteiger partial charge on any atom is 0.0210 e. The van der Waals surface area contributed by atoms with Gasteiger partial charge < -0.3 is 5.32 Å². The van der Waals surface area contributed by atoms with Crippen molar-refractivity contribution in [2.24, 2.45) is 0 Å². The van der Waals surface area contributed by atoms with Crippen LogP contribution in [0, 0.1) is 0 Å². The molecular weight excluding hydrogens is 238 g/mol. The molecule has 2 heteroatoms. The summed E-state index contributed by atoms with van der Waals surface area (Å²) in [6, 6.07) is 6.67. The summed E-state index contributed by atoms with van der Waals surface area (Å²) in [7, 11) is 0. The molecule has 1 saturated heterocycles. The molecule has 0 radical (unpaired) electrons. The second-order valence-corrected chi connectivity index (χ2v) is 5.36. The monoisotopic (exact) mass is 251 g/mol. The van der Waals surface area contributed by atoms with Crippen LogP contribution in [0.5, 0.6) is 0 Å². The normalized spacial score (nSPS) is 22.9. The SMILES string of the molecule is Brc1cccc2c1CCCC21CNC1. The van der Waals surface area contributed by atoms with E-state index in [1.807, 2.05) is 0 Å². The van der Waals surface area contributed by atoms with Gasteiger partial charge in [-0.15, -0.1) is 0 Å². The van der Waals surface area contributed by atoms with E-state index in [0.29, 0.717) is 5.41 Å². The quantitative estimate of drug-likeness (QED) is 0.748. The highest BCUT2D eigenvalue weighted by Crippen LogP contribution is 2.42. The summed E-state index contributed by atoms with van der Waals surface area (Å²) in [6.07, 6.45) is 3.96. The lowest BCUT2D eigenvalue weighted by molar-refractivity contribution is 0.239. The summed E-state index contributed by atoms with van der Waals surface area (Å²) in [5.74, 6) is 0. The Morgan fingerprint density at radius 3 is 2.86 bits per heavy atom. The van der Waals surface area contributed by atoms with Gasteiger partial charge >= 0.3 is 0 Å². The van der Waals surface area contributed by atoms with Crippen LogP contribution >= 0.6 is 15.9 Å². The van der Waals surface area contributed by atoms with E-state index in [4.69, 9.17) is 0 Å². The Morgan fingerprint density at radius 2 is 2.14 bits per heavy atom. The first-order valence-corrected chi connectivity index (χ1v) is 6.10. The minimum absolute atomic E-state index is 0.483. The molecule has 1 aromatic rings. The number of rotatable bonds is 0. The van der Waals surface area contributed by atoms with Gasteiger partial charge in [-0.05, 0) is 36.5 Å². The third kappa shape index (κ3) is 1.10. The largest absolute Gasteiger partial charge is 0.315 e. The zero-order valence-corrected chi connectivity index (χ0v) is 9.73. The molecule has 1 N–H and O–H groups in total. The maximum absolute atomic E-state index is 3.67. The van der Waals surface area contributed by atoms with Crippen LogP contribution in [-0.2, 0) is 11.8 Å². The first-order chi connectivity index (χ1) is 6.82. The lowest BCUT2D eigenvalue weighted by atomic mass is 9.66. The van der Waals surface area contributed by atoms with Crippen molar-refractivity contribution in [3.63, 3.8) is 0 Å². The summed E-state index contributed by atoms with van der Waals surface area (Å²) in [4.78, 5) is 0. The maximum atomic E-state index is 3.67. The minimum atomic E-state index is 0.483. The second-order valence-electron chi connectivity index (χ2n) is 4.50. The van der Waals surface area contributed by atoms with Crippen LogP contribution < -0.4 is 5.32 Å². The zero-order chi connectivity index (χ0) is 9.60. The van der Waals surface area contributed by atoms with E-state index < -0.39 is 0 Å². The molecule has 0 atom stereocenters. The van der Waals surface area contributed by atoms with Gasteiger partial charge in [0.2, 0.25) is 0 Å². The number of nitrogens with one attached hydrogen (secondary N) is 1. The van der Waals surface area contributed by atoms with Gasteiger partial charge in [-0.25, -0.2) is 0 Å². The lowest BCUT2D eigenvalue weighted by Crippen LogP contribution is -2.58. The molecule has 1 fully saturated rings. The number of hydrogen-bond donors (Lipinski definition) is 1. The second kappa shape index (κ2) is 3.07. The summed E-state index contributed by atoms with van der Waals surface area (Å²) in [6.45, 7) is 2.35. The third-order valence-electron chi connectivity index (χ3n) is 3.70. The summed E-state index contributed by atoms with van der Waals surface area (Å²) in [5.41, 5.74) is 3.63. The summed E-state index contributed by atoms with van der Waals surface area (Å²) < 4.78 is 1.31. The van der Waals surface area contributed by atoms with E-state index in [9.17, 15) is 0 Å². The average Bonchev–Trinajstić information content (AvgIpc) is 2.15. The number of fused-ring (bicyclic) bond motifs is 2. The van der Waals surface area contributed by atoms with E-state index in [0.717, 1.165) is 0 Å². The molecule has 1 heterocycles. The minimum Gasteiger partial charge on any atom is -0.315 e. The fourth-order valence-electron chi connectivity index (χ4n) is 2.84. The van der Waals surface area contributed by atoms with Gasteiger partial charge in [-0.3, -0.25) is 0 Å². The molecule has 0 amide bonds. The van der Waals surface area contributed by atoms with Crippen LogP contribution in [0.2, 0.25) is 0 Å². The van der Waals surface area contributed by atoms with Crippen LogP contribution in [0.3, 0.4) is 0 Å². The lowest BCUT2D eigenvalue weighted by Gasteiger charge is -2.47. The Bertz CT molecular complexity index is 369. The molecular formula is C12H14BrN. The van der Waals surface area contributed by atoms with Crippen LogP contribution in [0.4, 0.5) is 0 Å². The Labute approximate surface area is 93.0 Å². The molecule has 1 nitrogen and oxygen atoms in total. The zero-order valence-electron chi connectivity index (χ0n) is 8.15. The molecule has 1 aliphatic heterocycles. The standard InChI is InChI=1S/C12H14BrN/c13-11-5-1-4-10-9(11)3-2-6-12(10)7-14-8-12/h1,4-5,14H,2-3,6-8H2. The van der Waals surface area contributed by atoms with Crippen LogP contribution in [0.25, 0.3) is 0 Å². The predicted octanol–water partition coefficient (Wildman–Crippen LogP) is 2.63. The molecule has 0 saturated carbocycles. The molecule has 14 heavy (non-hydrogen) atoms. The first kappa shape index (κ1) is 8.93. The smallest absolute Gasteiger partial charge is 0.0210 e. The fourth-order valence-corrected chi connectivity index (χ4v) is 3.41. The molecule has 74 valence electrons. The Hall–Kier alpha value is -0.340. The molecule has 1 aromatic carbocycles. The van der Waals surface area contributed by atoms with Crippen molar-refractivity contribution in [3.8, 4) is 0 Å². The van der Waals surface area contributed by atoms with Crippen molar-refractivity contribution in [2.45, 2.75) is 24.7 Å². The first-order valence-electron chi connectivity index (χ1n) is 5.30. The third-order valence-corrected chi connectivity index (χ3v) is 4.44. The molecule has 0 aromatic heterocycles. The molecule has 1 aliphatic carbocycles. The Morgan fingerprint density at radius 1 is 1.29 bits per heavy atom. The number of benzene rings is 1. The molecule has 1 spiro atoms. The van der Waals surface area contributed by atoms with Gasteiger partial charge in [-0.2, -0.15) is 0 Å². The topological polar surface area (TPSA) is 12.0 Å². The molecule has 3 rings (SSSR count). The van der Waals surface area contributed by atoms with E-state index in [1.54, 1.807) is 11.1 Å². The number of hydrogen-bond acceptors (Lipinski definition) is 1. The van der Waals surface area contributed by atoms with Crippen LogP contribution in [-0.4, -0.2) is 13.1 Å². The number of halogens is 1. The van der Waals surface area contributed by atoms with E-state index in [2.05, 4.69) is 39.4 Å². The van der Waals surface area contributed by atoms with E-state index >= 15 is 0 Å². The predicted molar refractivity (Wildman–Crippen MR) is 61.6 cm³/mol. The fraction of sp³-hybridized carbons (Fsp3) is 0.500. The van der Waals surface area contributed by atoms with Crippen molar-refractivity contribution < 1.29 is 0 Å². The molecule has 2 aliphatic rings. The van der Waals surface area contributed by atoms with Gasteiger partial charge in [0, 0.05) is 23.0 Å². The molecule has 0 unspecified atom stereocenters. The van der Waals surface area contributed by atoms with Crippen LogP contribution in [0.15, 0.2) is 22.7 Å². The van der Waals surface area contributed by atoms with Crippen molar-refractivity contribution in [1.29, 1.82) is 0 Å². The van der Waals surface area contributed by atoms with Gasteiger partial charge in [0.25, 0.3) is 0 Å². The highest BCUT2D eigenvalue weighted by molar-refractivity contribution is 9.10. The van der Waals surface area contributed by atoms with Crippen molar-refractivity contribution in [1.82, 2.24) is 5.32 Å². The van der Waals surface area contributed by atoms with Crippen molar-refractivity contribution in [2.75, 3.05) is 13.1 Å². The van der Waals surface area contributed by atoms with Crippen molar-refractivity contribution >= 4 is 15.9 Å².